The molecule has 18 heavy (non-hydrogen) atoms. The zero-order chi connectivity index (χ0) is 13.0. The van der Waals surface area contributed by atoms with E-state index in [1.54, 1.807) is 12.3 Å². The maximum absolute atomic E-state index is 8.55. The molecule has 1 aliphatic carbocycles. The van der Waals surface area contributed by atoms with Crippen LogP contribution in [0.1, 0.15) is 38.3 Å². The summed E-state index contributed by atoms with van der Waals surface area (Å²) in [6.45, 7) is 2.22. The third-order valence-corrected chi connectivity index (χ3v) is 3.43. The number of oxime groups is 1. The SMILES string of the molecule is CC1CCCCC1Oc1ccc(/C(N)=N/O)nc1. The Morgan fingerprint density at radius 1 is 1.44 bits per heavy atom. The first kappa shape index (κ1) is 12.7. The van der Waals surface area contributed by atoms with Crippen LogP contribution in [0.25, 0.3) is 0 Å². The minimum absolute atomic E-state index is 0.00702. The van der Waals surface area contributed by atoms with Gasteiger partial charge in [-0.1, -0.05) is 18.5 Å². The van der Waals surface area contributed by atoms with E-state index in [0.717, 1.165) is 12.2 Å². The first-order valence-corrected chi connectivity index (χ1v) is 6.31. The van der Waals surface area contributed by atoms with E-state index < -0.39 is 0 Å². The molecule has 5 heteroatoms. The van der Waals surface area contributed by atoms with Gasteiger partial charge in [-0.15, -0.1) is 0 Å². The first-order chi connectivity index (χ1) is 8.70. The van der Waals surface area contributed by atoms with E-state index in [1.165, 1.54) is 19.3 Å². The number of pyridine rings is 1. The lowest BCUT2D eigenvalue weighted by molar-refractivity contribution is 0.102. The van der Waals surface area contributed by atoms with E-state index in [2.05, 4.69) is 17.1 Å². The lowest BCUT2D eigenvalue weighted by Gasteiger charge is -2.29. The minimum atomic E-state index is 0.00702. The number of hydrogen-bond donors (Lipinski definition) is 2. The van der Waals surface area contributed by atoms with Gasteiger partial charge in [0.05, 0.1) is 6.20 Å². The fraction of sp³-hybridized carbons (Fsp3) is 0.538. The predicted octanol–water partition coefficient (Wildman–Crippen LogP) is 2.13. The Kier molecular flexibility index (Phi) is 4.02. The number of amidine groups is 1. The number of aromatic nitrogens is 1. The van der Waals surface area contributed by atoms with Crippen molar-refractivity contribution >= 4 is 5.84 Å². The smallest absolute Gasteiger partial charge is 0.188 e. The zero-order valence-electron chi connectivity index (χ0n) is 10.5. The van der Waals surface area contributed by atoms with Crippen LogP contribution >= 0.6 is 0 Å². The van der Waals surface area contributed by atoms with Crippen LogP contribution in [0.15, 0.2) is 23.5 Å². The van der Waals surface area contributed by atoms with Crippen LogP contribution in [0.4, 0.5) is 0 Å². The van der Waals surface area contributed by atoms with Crippen molar-refractivity contribution in [1.29, 1.82) is 0 Å². The number of hydrogen-bond acceptors (Lipinski definition) is 4. The van der Waals surface area contributed by atoms with Crippen molar-refractivity contribution in [2.24, 2.45) is 16.8 Å². The molecule has 0 radical (unpaired) electrons. The number of rotatable bonds is 3. The molecule has 5 nitrogen and oxygen atoms in total. The monoisotopic (exact) mass is 249 g/mol. The Balaban J connectivity index is 2.01. The summed E-state index contributed by atoms with van der Waals surface area (Å²) >= 11 is 0. The van der Waals surface area contributed by atoms with E-state index in [-0.39, 0.29) is 11.9 Å². The average molecular weight is 249 g/mol. The molecule has 2 rings (SSSR count). The van der Waals surface area contributed by atoms with Gasteiger partial charge in [0.15, 0.2) is 5.84 Å². The maximum Gasteiger partial charge on any atom is 0.188 e. The third kappa shape index (κ3) is 2.91. The second-order valence-electron chi connectivity index (χ2n) is 4.78. The highest BCUT2D eigenvalue weighted by atomic mass is 16.5. The predicted molar refractivity (Wildman–Crippen MR) is 68.8 cm³/mol. The van der Waals surface area contributed by atoms with Crippen LogP contribution in [-0.4, -0.2) is 22.1 Å². The minimum Gasteiger partial charge on any atom is -0.489 e. The molecule has 0 aliphatic heterocycles. The molecule has 0 aromatic carbocycles. The highest BCUT2D eigenvalue weighted by molar-refractivity contribution is 5.95. The lowest BCUT2D eigenvalue weighted by Crippen LogP contribution is -2.28. The number of nitrogens with two attached hydrogens (primary N) is 1. The van der Waals surface area contributed by atoms with Crippen LogP contribution in [-0.2, 0) is 0 Å². The standard InChI is InChI=1S/C13H19N3O2/c1-9-4-2-3-5-12(9)18-10-6-7-11(15-8-10)13(14)16-17/h6-9,12,17H,2-5H2,1H3,(H2,14,16). The van der Waals surface area contributed by atoms with Gasteiger partial charge in [-0.05, 0) is 37.3 Å². The maximum atomic E-state index is 8.55. The van der Waals surface area contributed by atoms with Gasteiger partial charge in [-0.25, -0.2) is 4.98 Å². The Labute approximate surface area is 107 Å². The molecule has 0 spiro atoms. The molecule has 1 saturated carbocycles. The summed E-state index contributed by atoms with van der Waals surface area (Å²) in [5, 5.41) is 11.5. The Morgan fingerprint density at radius 3 is 2.83 bits per heavy atom. The van der Waals surface area contributed by atoms with Crippen LogP contribution in [0.3, 0.4) is 0 Å². The van der Waals surface area contributed by atoms with Gasteiger partial charge in [-0.2, -0.15) is 0 Å². The molecular formula is C13H19N3O2. The molecule has 0 amide bonds. The highest BCUT2D eigenvalue weighted by Gasteiger charge is 2.22. The van der Waals surface area contributed by atoms with E-state index >= 15 is 0 Å². The lowest BCUT2D eigenvalue weighted by atomic mass is 9.88. The van der Waals surface area contributed by atoms with Gasteiger partial charge in [0.1, 0.15) is 17.5 Å². The Bertz CT molecular complexity index is 417. The quantitative estimate of drug-likeness (QED) is 0.372. The summed E-state index contributed by atoms with van der Waals surface area (Å²) in [4.78, 5) is 4.10. The fourth-order valence-corrected chi connectivity index (χ4v) is 2.28. The summed E-state index contributed by atoms with van der Waals surface area (Å²) in [5.41, 5.74) is 5.89. The third-order valence-electron chi connectivity index (χ3n) is 3.43. The average Bonchev–Trinajstić information content (AvgIpc) is 2.41. The van der Waals surface area contributed by atoms with Gasteiger partial charge < -0.3 is 15.7 Å². The molecule has 1 aliphatic rings. The van der Waals surface area contributed by atoms with Gasteiger partial charge >= 0.3 is 0 Å². The second-order valence-corrected chi connectivity index (χ2v) is 4.78. The van der Waals surface area contributed by atoms with E-state index in [9.17, 15) is 0 Å². The summed E-state index contributed by atoms with van der Waals surface area (Å²) in [7, 11) is 0. The van der Waals surface area contributed by atoms with Gasteiger partial charge in [0.25, 0.3) is 0 Å². The van der Waals surface area contributed by atoms with Crippen molar-refractivity contribution in [2.75, 3.05) is 0 Å². The zero-order valence-corrected chi connectivity index (χ0v) is 10.5. The fourth-order valence-electron chi connectivity index (χ4n) is 2.28. The van der Waals surface area contributed by atoms with Crippen LogP contribution in [0, 0.1) is 5.92 Å². The first-order valence-electron chi connectivity index (χ1n) is 6.31. The summed E-state index contributed by atoms with van der Waals surface area (Å²) < 4.78 is 5.93. The van der Waals surface area contributed by atoms with Gasteiger partial charge in [0.2, 0.25) is 0 Å². The number of nitrogens with zero attached hydrogens (tertiary/aromatic N) is 2. The molecule has 1 aromatic heterocycles. The summed E-state index contributed by atoms with van der Waals surface area (Å²) in [6, 6.07) is 3.50. The van der Waals surface area contributed by atoms with Crippen molar-refractivity contribution < 1.29 is 9.94 Å². The molecule has 0 saturated heterocycles. The van der Waals surface area contributed by atoms with E-state index in [1.807, 2.05) is 6.07 Å². The topological polar surface area (TPSA) is 80.7 Å². The molecule has 2 unspecified atom stereocenters. The summed E-state index contributed by atoms with van der Waals surface area (Å²) in [5.74, 6) is 1.33. The van der Waals surface area contributed by atoms with E-state index in [0.29, 0.717) is 11.6 Å². The normalized spacial score (nSPS) is 24.8. The van der Waals surface area contributed by atoms with Gasteiger partial charge in [-0.3, -0.25) is 0 Å². The Morgan fingerprint density at radius 2 is 2.22 bits per heavy atom. The van der Waals surface area contributed by atoms with Crippen LogP contribution in [0.2, 0.25) is 0 Å². The Hall–Kier alpha value is -1.78. The van der Waals surface area contributed by atoms with Crippen molar-refractivity contribution in [3.63, 3.8) is 0 Å². The van der Waals surface area contributed by atoms with E-state index in [4.69, 9.17) is 15.7 Å². The van der Waals surface area contributed by atoms with Crippen molar-refractivity contribution in [3.8, 4) is 5.75 Å². The van der Waals surface area contributed by atoms with Gasteiger partial charge in [0, 0.05) is 0 Å². The molecular weight excluding hydrogens is 230 g/mol. The van der Waals surface area contributed by atoms with Crippen LogP contribution < -0.4 is 10.5 Å². The van der Waals surface area contributed by atoms with Crippen molar-refractivity contribution in [2.45, 2.75) is 38.7 Å². The molecule has 3 N–H and O–H groups in total. The molecule has 1 fully saturated rings. The molecule has 1 heterocycles. The molecule has 1 aromatic rings. The molecule has 98 valence electrons. The number of ether oxygens (including phenoxy) is 1. The van der Waals surface area contributed by atoms with Crippen molar-refractivity contribution in [1.82, 2.24) is 4.98 Å². The van der Waals surface area contributed by atoms with Crippen molar-refractivity contribution in [3.05, 3.63) is 24.0 Å². The highest BCUT2D eigenvalue weighted by Crippen LogP contribution is 2.27. The van der Waals surface area contributed by atoms with Crippen LogP contribution in [0.5, 0.6) is 5.75 Å². The molecule has 2 atom stereocenters. The second kappa shape index (κ2) is 5.71. The largest absolute Gasteiger partial charge is 0.489 e. The summed E-state index contributed by atoms with van der Waals surface area (Å²) in [6.07, 6.45) is 6.74. The molecule has 0 bridgehead atoms.